The Morgan fingerprint density at radius 1 is 1.00 bits per heavy atom. The molecule has 0 saturated carbocycles. The number of aliphatic imine (C=N–C) groups is 1. The molecule has 0 N–H and O–H groups in total. The van der Waals surface area contributed by atoms with E-state index in [1.807, 2.05) is 48.4 Å². The zero-order chi connectivity index (χ0) is 23.1. The fraction of sp³-hybridized carbons (Fsp3) is 0.200. The second-order valence-electron chi connectivity index (χ2n) is 7.49. The summed E-state index contributed by atoms with van der Waals surface area (Å²) >= 11 is 0. The lowest BCUT2D eigenvalue weighted by atomic mass is 9.82. The number of nitrogens with zero attached hydrogens (tertiary/aromatic N) is 2. The van der Waals surface area contributed by atoms with Crippen molar-refractivity contribution in [3.05, 3.63) is 95.2 Å². The van der Waals surface area contributed by atoms with Crippen molar-refractivity contribution in [1.82, 2.24) is 4.90 Å². The van der Waals surface area contributed by atoms with Gasteiger partial charge < -0.3 is 9.64 Å². The smallest absolute Gasteiger partial charge is 0.373 e. The van der Waals surface area contributed by atoms with E-state index in [2.05, 4.69) is 29.3 Å². The number of amides is 1. The van der Waals surface area contributed by atoms with Gasteiger partial charge in [-0.1, -0.05) is 48.0 Å². The summed E-state index contributed by atoms with van der Waals surface area (Å²) in [6.45, 7) is 2.04. The number of hydrogen-bond acceptors (Lipinski definition) is 6. The van der Waals surface area contributed by atoms with Crippen molar-refractivity contribution in [2.24, 2.45) is 4.99 Å². The van der Waals surface area contributed by atoms with Crippen LogP contribution in [0.3, 0.4) is 0 Å². The largest absolute Gasteiger partial charge is 0.465 e. The molecule has 1 amide bonds. The van der Waals surface area contributed by atoms with Crippen LogP contribution >= 0.6 is 0 Å². The van der Waals surface area contributed by atoms with Crippen LogP contribution in [0.4, 0.5) is 0 Å². The standard InChI is InChI=1S/C24H22N2O3.CO2/c1-17-6-8-18(9-7-17)15-24(23(28)25-21-5-3-4-14-26(21)24)16-19-10-12-20(13-11-19)22(27)29-2;2-1-3/h3-14H,15-16H2,1-2H3;. The second-order valence-corrected chi connectivity index (χ2v) is 7.49. The van der Waals surface area contributed by atoms with E-state index in [9.17, 15) is 9.59 Å². The Kier molecular flexibility index (Phi) is 6.93. The molecule has 1 unspecified atom stereocenters. The Morgan fingerprint density at radius 2 is 1.56 bits per heavy atom. The number of esters is 1. The van der Waals surface area contributed by atoms with Crippen LogP contribution in [0.5, 0.6) is 0 Å². The summed E-state index contributed by atoms with van der Waals surface area (Å²) in [6, 6.07) is 15.4. The minimum Gasteiger partial charge on any atom is -0.465 e. The first kappa shape index (κ1) is 22.6. The molecule has 0 fully saturated rings. The fourth-order valence-corrected chi connectivity index (χ4v) is 3.84. The van der Waals surface area contributed by atoms with Gasteiger partial charge in [0.1, 0.15) is 11.4 Å². The van der Waals surface area contributed by atoms with E-state index in [1.54, 1.807) is 12.1 Å². The van der Waals surface area contributed by atoms with Crippen LogP contribution in [0.1, 0.15) is 27.0 Å². The first-order chi connectivity index (χ1) is 15.4. The van der Waals surface area contributed by atoms with Crippen LogP contribution in [0.2, 0.25) is 0 Å². The van der Waals surface area contributed by atoms with Gasteiger partial charge in [-0.3, -0.25) is 4.79 Å². The van der Waals surface area contributed by atoms with Crippen LogP contribution < -0.4 is 0 Å². The van der Waals surface area contributed by atoms with Gasteiger partial charge in [0.25, 0.3) is 5.91 Å². The summed E-state index contributed by atoms with van der Waals surface area (Å²) in [5.41, 5.74) is 2.86. The first-order valence-corrected chi connectivity index (χ1v) is 9.93. The van der Waals surface area contributed by atoms with Gasteiger partial charge in [0.05, 0.1) is 12.7 Å². The molecule has 0 aromatic heterocycles. The number of allylic oxidation sites excluding steroid dienone is 2. The lowest BCUT2D eigenvalue weighted by Crippen LogP contribution is -2.52. The van der Waals surface area contributed by atoms with E-state index in [1.165, 1.54) is 12.7 Å². The number of carbonyl (C=O) groups excluding carboxylic acids is 4. The maximum absolute atomic E-state index is 13.2. The number of amidine groups is 1. The lowest BCUT2D eigenvalue weighted by Gasteiger charge is -2.37. The van der Waals surface area contributed by atoms with Crippen LogP contribution in [0.25, 0.3) is 0 Å². The molecule has 0 saturated heterocycles. The third kappa shape index (κ3) is 4.63. The van der Waals surface area contributed by atoms with E-state index in [-0.39, 0.29) is 18.0 Å². The zero-order valence-electron chi connectivity index (χ0n) is 17.8. The summed E-state index contributed by atoms with van der Waals surface area (Å²) in [6.07, 6.45) is 8.84. The number of ether oxygens (including phenoxy) is 1. The first-order valence-electron chi connectivity index (χ1n) is 9.93. The van der Waals surface area contributed by atoms with Gasteiger partial charge in [0.2, 0.25) is 0 Å². The molecule has 2 aliphatic heterocycles. The maximum Gasteiger partial charge on any atom is 0.373 e. The molecule has 2 aromatic rings. The maximum atomic E-state index is 13.2. The van der Waals surface area contributed by atoms with Crippen molar-refractivity contribution < 1.29 is 23.9 Å². The molecule has 0 radical (unpaired) electrons. The highest BCUT2D eigenvalue weighted by atomic mass is 16.5. The molecule has 2 heterocycles. The Balaban J connectivity index is 0.000000913. The number of hydrogen-bond donors (Lipinski definition) is 0. The van der Waals surface area contributed by atoms with Crippen molar-refractivity contribution in [3.63, 3.8) is 0 Å². The van der Waals surface area contributed by atoms with Gasteiger partial charge in [-0.05, 0) is 42.3 Å². The van der Waals surface area contributed by atoms with Crippen molar-refractivity contribution >= 4 is 23.9 Å². The average molecular weight is 430 g/mol. The SMILES string of the molecule is COC(=O)c1ccc(CC2(Cc3ccc(C)cc3)C(=O)N=C3C=CC=CN32)cc1.O=C=O. The Bertz CT molecular complexity index is 1120. The van der Waals surface area contributed by atoms with E-state index < -0.39 is 5.54 Å². The van der Waals surface area contributed by atoms with Crippen molar-refractivity contribution in [2.75, 3.05) is 7.11 Å². The quantitative estimate of drug-likeness (QED) is 0.677. The topological polar surface area (TPSA) is 93.1 Å². The normalized spacial score (nSPS) is 18.2. The molecular weight excluding hydrogens is 408 g/mol. The Hall–Kier alpha value is -4.09. The molecule has 7 nitrogen and oxygen atoms in total. The highest BCUT2D eigenvalue weighted by Gasteiger charge is 2.49. The third-order valence-electron chi connectivity index (χ3n) is 5.40. The number of aryl methyl sites for hydroxylation is 1. The van der Waals surface area contributed by atoms with Crippen LogP contribution in [-0.2, 0) is 32.0 Å². The van der Waals surface area contributed by atoms with Crippen LogP contribution in [-0.4, -0.2) is 41.4 Å². The number of rotatable bonds is 5. The molecule has 2 aromatic carbocycles. The Morgan fingerprint density at radius 3 is 2.12 bits per heavy atom. The summed E-state index contributed by atoms with van der Waals surface area (Å²) in [5.74, 6) is 0.134. The molecular formula is C25H22N2O5. The molecule has 0 spiro atoms. The van der Waals surface area contributed by atoms with Gasteiger partial charge in [-0.25, -0.2) is 4.79 Å². The lowest BCUT2D eigenvalue weighted by molar-refractivity contribution is -0.191. The van der Waals surface area contributed by atoms with E-state index >= 15 is 0 Å². The molecule has 2 aliphatic rings. The van der Waals surface area contributed by atoms with Crippen molar-refractivity contribution in [3.8, 4) is 0 Å². The van der Waals surface area contributed by atoms with Crippen molar-refractivity contribution in [2.45, 2.75) is 25.3 Å². The molecule has 7 heteroatoms. The molecule has 4 rings (SSSR count). The second kappa shape index (κ2) is 9.81. The summed E-state index contributed by atoms with van der Waals surface area (Å²) in [7, 11) is 1.36. The average Bonchev–Trinajstić information content (AvgIpc) is 3.07. The predicted molar refractivity (Wildman–Crippen MR) is 117 cm³/mol. The van der Waals surface area contributed by atoms with Gasteiger partial charge in [0.15, 0.2) is 0 Å². The summed E-state index contributed by atoms with van der Waals surface area (Å²) in [5, 5.41) is 0. The monoisotopic (exact) mass is 430 g/mol. The number of carbonyl (C=O) groups is 2. The molecule has 32 heavy (non-hydrogen) atoms. The highest BCUT2D eigenvalue weighted by molar-refractivity contribution is 6.12. The molecule has 162 valence electrons. The minimum absolute atomic E-state index is 0.152. The molecule has 1 atom stereocenters. The summed E-state index contributed by atoms with van der Waals surface area (Å²) in [4.78, 5) is 47.5. The number of fused-ring (bicyclic) bond motifs is 1. The zero-order valence-corrected chi connectivity index (χ0v) is 17.8. The minimum atomic E-state index is -0.835. The summed E-state index contributed by atoms with van der Waals surface area (Å²) < 4.78 is 4.77. The van der Waals surface area contributed by atoms with E-state index in [0.717, 1.165) is 11.1 Å². The van der Waals surface area contributed by atoms with Gasteiger partial charge in [-0.15, -0.1) is 0 Å². The van der Waals surface area contributed by atoms with E-state index in [4.69, 9.17) is 14.3 Å². The molecule has 0 bridgehead atoms. The van der Waals surface area contributed by atoms with Gasteiger partial charge in [0, 0.05) is 19.0 Å². The third-order valence-corrected chi connectivity index (χ3v) is 5.40. The van der Waals surface area contributed by atoms with E-state index in [0.29, 0.717) is 24.2 Å². The number of benzene rings is 2. The highest BCUT2D eigenvalue weighted by Crippen LogP contribution is 2.34. The van der Waals surface area contributed by atoms with Crippen LogP contribution in [0.15, 0.2) is 78.0 Å². The van der Waals surface area contributed by atoms with Crippen LogP contribution in [0, 0.1) is 6.92 Å². The van der Waals surface area contributed by atoms with Gasteiger partial charge in [-0.2, -0.15) is 14.6 Å². The Labute approximate surface area is 185 Å². The van der Waals surface area contributed by atoms with Crippen molar-refractivity contribution in [1.29, 1.82) is 0 Å². The van der Waals surface area contributed by atoms with Gasteiger partial charge >= 0.3 is 12.1 Å². The number of methoxy groups -OCH3 is 1. The predicted octanol–water partition coefficient (Wildman–Crippen LogP) is 3.05. The molecule has 0 aliphatic carbocycles. The fourth-order valence-electron chi connectivity index (χ4n) is 3.84.